The van der Waals surface area contributed by atoms with Gasteiger partial charge in [0.15, 0.2) is 5.43 Å². The van der Waals surface area contributed by atoms with Gasteiger partial charge in [0.05, 0.1) is 5.52 Å². The highest BCUT2D eigenvalue weighted by molar-refractivity contribution is 6.31. The molecule has 1 heterocycles. The highest BCUT2D eigenvalue weighted by Crippen LogP contribution is 2.36. The molecular weight excluding hydrogens is 210 g/mol. The van der Waals surface area contributed by atoms with Crippen molar-refractivity contribution in [3.63, 3.8) is 0 Å². The third-order valence-corrected chi connectivity index (χ3v) is 3.06. The summed E-state index contributed by atoms with van der Waals surface area (Å²) in [5, 5.41) is 1.34. The van der Waals surface area contributed by atoms with Crippen LogP contribution in [-0.2, 0) is 0 Å². The van der Waals surface area contributed by atoms with E-state index in [9.17, 15) is 4.79 Å². The lowest BCUT2D eigenvalue weighted by molar-refractivity contribution is 0.766. The minimum absolute atomic E-state index is 0.0457. The SMILES string of the molecule is O=c1ccn(C2CC2)c2ccc(Cl)cc12. The van der Waals surface area contributed by atoms with E-state index in [1.807, 2.05) is 18.3 Å². The Morgan fingerprint density at radius 3 is 2.80 bits per heavy atom. The van der Waals surface area contributed by atoms with Gasteiger partial charge in [-0.15, -0.1) is 0 Å². The standard InChI is InChI=1S/C12H10ClNO/c13-8-1-4-11-10(7-8)12(15)5-6-14(11)9-2-3-9/h1,4-7,9H,2-3H2. The molecular formula is C12H10ClNO. The van der Waals surface area contributed by atoms with Crippen molar-refractivity contribution in [2.75, 3.05) is 0 Å². The largest absolute Gasteiger partial charge is 0.344 e. The summed E-state index contributed by atoms with van der Waals surface area (Å²) in [6.07, 6.45) is 4.30. The van der Waals surface area contributed by atoms with Crippen molar-refractivity contribution >= 4 is 22.5 Å². The fraction of sp³-hybridized carbons (Fsp3) is 0.250. The number of hydrogen-bond acceptors (Lipinski definition) is 1. The van der Waals surface area contributed by atoms with Gasteiger partial charge in [0.1, 0.15) is 0 Å². The van der Waals surface area contributed by atoms with E-state index < -0.39 is 0 Å². The van der Waals surface area contributed by atoms with Crippen LogP contribution in [0.15, 0.2) is 35.3 Å². The molecule has 2 nitrogen and oxygen atoms in total. The van der Waals surface area contributed by atoms with Crippen LogP contribution >= 0.6 is 11.6 Å². The van der Waals surface area contributed by atoms with E-state index in [0.29, 0.717) is 11.1 Å². The second-order valence-electron chi connectivity index (χ2n) is 3.98. The Bertz CT molecular complexity index is 584. The van der Waals surface area contributed by atoms with Gasteiger partial charge in [0.2, 0.25) is 0 Å². The second-order valence-corrected chi connectivity index (χ2v) is 4.42. The number of aromatic nitrogens is 1. The Labute approximate surface area is 92.1 Å². The van der Waals surface area contributed by atoms with Crippen molar-refractivity contribution in [2.24, 2.45) is 0 Å². The van der Waals surface area contributed by atoms with Crippen molar-refractivity contribution in [2.45, 2.75) is 18.9 Å². The Morgan fingerprint density at radius 1 is 1.27 bits per heavy atom. The molecule has 0 bridgehead atoms. The Kier molecular flexibility index (Phi) is 1.86. The molecule has 2 aromatic rings. The van der Waals surface area contributed by atoms with Crippen LogP contribution in [-0.4, -0.2) is 4.57 Å². The average molecular weight is 220 g/mol. The van der Waals surface area contributed by atoms with Crippen LogP contribution < -0.4 is 5.43 Å². The molecule has 0 radical (unpaired) electrons. The molecule has 1 aromatic heterocycles. The normalized spacial score (nSPS) is 15.8. The molecule has 0 aliphatic heterocycles. The third-order valence-electron chi connectivity index (χ3n) is 2.83. The van der Waals surface area contributed by atoms with Crippen molar-refractivity contribution in [1.29, 1.82) is 0 Å². The van der Waals surface area contributed by atoms with Crippen LogP contribution in [0.3, 0.4) is 0 Å². The average Bonchev–Trinajstić information content (AvgIpc) is 3.03. The van der Waals surface area contributed by atoms with Crippen LogP contribution in [0.1, 0.15) is 18.9 Å². The van der Waals surface area contributed by atoms with Crippen LogP contribution in [0.4, 0.5) is 0 Å². The molecule has 0 unspecified atom stereocenters. The van der Waals surface area contributed by atoms with Gasteiger partial charge < -0.3 is 4.57 Å². The minimum atomic E-state index is 0.0457. The summed E-state index contributed by atoms with van der Waals surface area (Å²) < 4.78 is 2.17. The predicted octanol–water partition coefficient (Wildman–Crippen LogP) is 2.99. The van der Waals surface area contributed by atoms with Crippen LogP contribution in [0.2, 0.25) is 5.02 Å². The van der Waals surface area contributed by atoms with Crippen molar-refractivity contribution in [3.8, 4) is 0 Å². The summed E-state index contributed by atoms with van der Waals surface area (Å²) in [6, 6.07) is 7.71. The van der Waals surface area contributed by atoms with E-state index in [2.05, 4.69) is 4.57 Å². The first-order valence-corrected chi connectivity index (χ1v) is 5.44. The minimum Gasteiger partial charge on any atom is -0.344 e. The summed E-state index contributed by atoms with van der Waals surface area (Å²) in [6.45, 7) is 0. The molecule has 1 saturated carbocycles. The highest BCUT2D eigenvalue weighted by Gasteiger charge is 2.24. The molecule has 1 aliphatic rings. The molecule has 0 N–H and O–H groups in total. The number of rotatable bonds is 1. The maximum Gasteiger partial charge on any atom is 0.189 e. The lowest BCUT2D eigenvalue weighted by atomic mass is 10.2. The monoisotopic (exact) mass is 219 g/mol. The van der Waals surface area contributed by atoms with E-state index in [0.717, 1.165) is 10.9 Å². The van der Waals surface area contributed by atoms with Gasteiger partial charge in [-0.05, 0) is 31.0 Å². The molecule has 3 heteroatoms. The zero-order valence-electron chi connectivity index (χ0n) is 8.11. The Hall–Kier alpha value is -1.28. The molecule has 0 saturated heterocycles. The van der Waals surface area contributed by atoms with E-state index in [1.54, 1.807) is 12.1 Å². The first kappa shape index (κ1) is 8.98. The van der Waals surface area contributed by atoms with E-state index in [-0.39, 0.29) is 5.43 Å². The smallest absolute Gasteiger partial charge is 0.189 e. The molecule has 0 spiro atoms. The van der Waals surface area contributed by atoms with Crippen LogP contribution in [0.25, 0.3) is 10.9 Å². The maximum atomic E-state index is 11.7. The lowest BCUT2D eigenvalue weighted by Crippen LogP contribution is -2.06. The zero-order chi connectivity index (χ0) is 10.4. The quantitative estimate of drug-likeness (QED) is 0.723. The Balaban J connectivity index is 2.39. The summed E-state index contributed by atoms with van der Waals surface area (Å²) in [7, 11) is 0. The summed E-state index contributed by atoms with van der Waals surface area (Å²) in [5.41, 5.74) is 1.04. The van der Waals surface area contributed by atoms with E-state index in [1.165, 1.54) is 12.8 Å². The van der Waals surface area contributed by atoms with Gasteiger partial charge in [0.25, 0.3) is 0 Å². The van der Waals surface area contributed by atoms with Crippen molar-refractivity contribution in [1.82, 2.24) is 4.57 Å². The fourth-order valence-electron chi connectivity index (χ4n) is 1.92. The Morgan fingerprint density at radius 2 is 2.07 bits per heavy atom. The molecule has 0 amide bonds. The van der Waals surface area contributed by atoms with E-state index >= 15 is 0 Å². The molecule has 15 heavy (non-hydrogen) atoms. The first-order chi connectivity index (χ1) is 7.25. The fourth-order valence-corrected chi connectivity index (χ4v) is 2.09. The van der Waals surface area contributed by atoms with Gasteiger partial charge >= 0.3 is 0 Å². The van der Waals surface area contributed by atoms with Crippen LogP contribution in [0.5, 0.6) is 0 Å². The summed E-state index contributed by atoms with van der Waals surface area (Å²) in [4.78, 5) is 11.7. The number of nitrogens with zero attached hydrogens (tertiary/aromatic N) is 1. The maximum absolute atomic E-state index is 11.7. The van der Waals surface area contributed by atoms with Crippen molar-refractivity contribution in [3.05, 3.63) is 45.7 Å². The zero-order valence-corrected chi connectivity index (χ0v) is 8.87. The van der Waals surface area contributed by atoms with Gasteiger partial charge in [0, 0.05) is 28.7 Å². The molecule has 76 valence electrons. The second kappa shape index (κ2) is 3.11. The van der Waals surface area contributed by atoms with Gasteiger partial charge in [-0.3, -0.25) is 4.79 Å². The third kappa shape index (κ3) is 1.45. The van der Waals surface area contributed by atoms with Gasteiger partial charge in [-0.1, -0.05) is 11.6 Å². The predicted molar refractivity (Wildman–Crippen MR) is 61.5 cm³/mol. The number of halogens is 1. The summed E-state index contributed by atoms with van der Waals surface area (Å²) >= 11 is 5.89. The first-order valence-electron chi connectivity index (χ1n) is 5.06. The molecule has 1 aromatic carbocycles. The number of pyridine rings is 1. The number of fused-ring (bicyclic) bond motifs is 1. The van der Waals surface area contributed by atoms with Gasteiger partial charge in [-0.25, -0.2) is 0 Å². The van der Waals surface area contributed by atoms with E-state index in [4.69, 9.17) is 11.6 Å². The molecule has 3 rings (SSSR count). The number of hydrogen-bond donors (Lipinski definition) is 0. The molecule has 0 atom stereocenters. The van der Waals surface area contributed by atoms with Gasteiger partial charge in [-0.2, -0.15) is 0 Å². The lowest BCUT2D eigenvalue weighted by Gasteiger charge is -2.08. The number of benzene rings is 1. The topological polar surface area (TPSA) is 22.0 Å². The van der Waals surface area contributed by atoms with Crippen LogP contribution in [0, 0.1) is 0 Å². The highest BCUT2D eigenvalue weighted by atomic mass is 35.5. The molecule has 1 fully saturated rings. The van der Waals surface area contributed by atoms with Crippen molar-refractivity contribution < 1.29 is 0 Å². The molecule has 1 aliphatic carbocycles. The summed E-state index contributed by atoms with van der Waals surface area (Å²) in [5.74, 6) is 0.